The number of amides is 1. The molecule has 2 aromatic carbocycles. The number of benzene rings is 2. The first-order valence-corrected chi connectivity index (χ1v) is 9.31. The van der Waals surface area contributed by atoms with Gasteiger partial charge >= 0.3 is 0 Å². The highest BCUT2D eigenvalue weighted by atomic mass is 79.9. The first-order valence-electron chi connectivity index (χ1n) is 8.52. The summed E-state index contributed by atoms with van der Waals surface area (Å²) in [6.07, 6.45) is 1.89. The van der Waals surface area contributed by atoms with Gasteiger partial charge in [0.15, 0.2) is 0 Å². The molecule has 0 bridgehead atoms. The Labute approximate surface area is 160 Å². The number of anilines is 1. The van der Waals surface area contributed by atoms with Gasteiger partial charge in [-0.1, -0.05) is 22.0 Å². The van der Waals surface area contributed by atoms with Crippen LogP contribution in [0.3, 0.4) is 0 Å². The number of rotatable bonds is 5. The van der Waals surface area contributed by atoms with Crippen LogP contribution in [0.5, 0.6) is 0 Å². The van der Waals surface area contributed by atoms with Crippen molar-refractivity contribution >= 4 is 33.2 Å². The van der Waals surface area contributed by atoms with Gasteiger partial charge in [-0.3, -0.25) is 14.9 Å². The highest BCUT2D eigenvalue weighted by Gasteiger charge is 2.26. The average molecular weight is 418 g/mol. The van der Waals surface area contributed by atoms with Crippen molar-refractivity contribution in [3.8, 4) is 0 Å². The quantitative estimate of drug-likeness (QED) is 0.573. The van der Waals surface area contributed by atoms with E-state index in [4.69, 9.17) is 0 Å². The van der Waals surface area contributed by atoms with Crippen LogP contribution < -0.4 is 5.32 Å². The smallest absolute Gasteiger partial charge is 0.282 e. The maximum absolute atomic E-state index is 12.7. The second-order valence-electron chi connectivity index (χ2n) is 6.41. The number of carbonyl (C=O) groups excluding carboxylic acids is 1. The summed E-state index contributed by atoms with van der Waals surface area (Å²) in [5.41, 5.74) is 2.96. The molecule has 0 spiro atoms. The second kappa shape index (κ2) is 7.86. The van der Waals surface area contributed by atoms with Gasteiger partial charge in [0, 0.05) is 35.9 Å². The van der Waals surface area contributed by atoms with Crippen LogP contribution in [-0.2, 0) is 6.54 Å². The average Bonchev–Trinajstić information content (AvgIpc) is 3.16. The van der Waals surface area contributed by atoms with Crippen LogP contribution in [0.25, 0.3) is 0 Å². The summed E-state index contributed by atoms with van der Waals surface area (Å²) in [4.78, 5) is 25.2. The summed E-state index contributed by atoms with van der Waals surface area (Å²) in [6.45, 7) is 3.91. The fourth-order valence-electron chi connectivity index (χ4n) is 3.09. The normalized spacial score (nSPS) is 13.7. The lowest BCUT2D eigenvalue weighted by molar-refractivity contribution is -0.385. The fourth-order valence-corrected chi connectivity index (χ4v) is 3.50. The van der Waals surface area contributed by atoms with E-state index in [1.54, 1.807) is 17.0 Å². The number of likely N-dealkylation sites (tertiary alicyclic amines) is 1. The van der Waals surface area contributed by atoms with Gasteiger partial charge in [0.05, 0.1) is 4.92 Å². The monoisotopic (exact) mass is 417 g/mol. The second-order valence-corrected chi connectivity index (χ2v) is 7.33. The number of hydrogen-bond acceptors (Lipinski definition) is 4. The number of nitrogens with zero attached hydrogens (tertiary/aromatic N) is 2. The molecule has 1 fully saturated rings. The first kappa shape index (κ1) is 18.4. The molecule has 7 heteroatoms. The number of carbonyl (C=O) groups is 1. The van der Waals surface area contributed by atoms with Crippen LogP contribution in [0, 0.1) is 17.0 Å². The van der Waals surface area contributed by atoms with Crippen LogP contribution in [0.4, 0.5) is 11.4 Å². The van der Waals surface area contributed by atoms with Crippen molar-refractivity contribution in [2.75, 3.05) is 18.4 Å². The minimum absolute atomic E-state index is 0.146. The van der Waals surface area contributed by atoms with E-state index < -0.39 is 4.92 Å². The van der Waals surface area contributed by atoms with Gasteiger partial charge in [0.25, 0.3) is 11.6 Å². The lowest BCUT2D eigenvalue weighted by Crippen LogP contribution is -2.28. The van der Waals surface area contributed by atoms with E-state index in [-0.39, 0.29) is 17.2 Å². The summed E-state index contributed by atoms with van der Waals surface area (Å²) < 4.78 is 0.994. The highest BCUT2D eigenvalue weighted by Crippen LogP contribution is 2.26. The number of aryl methyl sites for hydroxylation is 1. The van der Waals surface area contributed by atoms with E-state index >= 15 is 0 Å². The standard InChI is InChI=1S/C19H20BrN3O3/c1-13-4-5-15(20)10-14(13)12-21-16-6-7-18(23(25)26)17(11-16)19(24)22-8-2-3-9-22/h4-7,10-11,21H,2-3,8-9,12H2,1H3. The van der Waals surface area contributed by atoms with Crippen LogP contribution in [0.15, 0.2) is 40.9 Å². The Morgan fingerprint density at radius 1 is 1.23 bits per heavy atom. The van der Waals surface area contributed by atoms with Crippen molar-refractivity contribution in [1.82, 2.24) is 4.90 Å². The Morgan fingerprint density at radius 3 is 2.65 bits per heavy atom. The van der Waals surface area contributed by atoms with Gasteiger partial charge in [0.2, 0.25) is 0 Å². The maximum Gasteiger partial charge on any atom is 0.282 e. The van der Waals surface area contributed by atoms with E-state index in [0.29, 0.717) is 25.3 Å². The molecule has 0 radical (unpaired) electrons. The molecule has 136 valence electrons. The summed E-state index contributed by atoms with van der Waals surface area (Å²) in [5, 5.41) is 14.6. The molecule has 0 unspecified atom stereocenters. The molecule has 0 saturated carbocycles. The Kier molecular flexibility index (Phi) is 5.56. The summed E-state index contributed by atoms with van der Waals surface area (Å²) in [7, 11) is 0. The van der Waals surface area contributed by atoms with Crippen molar-refractivity contribution in [2.45, 2.75) is 26.3 Å². The van der Waals surface area contributed by atoms with E-state index in [1.165, 1.54) is 6.07 Å². The zero-order chi connectivity index (χ0) is 18.7. The van der Waals surface area contributed by atoms with E-state index in [9.17, 15) is 14.9 Å². The third-order valence-corrected chi connectivity index (χ3v) is 5.10. The molecule has 6 nitrogen and oxygen atoms in total. The minimum atomic E-state index is -0.495. The van der Waals surface area contributed by atoms with Crippen molar-refractivity contribution < 1.29 is 9.72 Å². The number of nitro benzene ring substituents is 1. The Hall–Kier alpha value is -2.41. The molecule has 1 aliphatic rings. The summed E-state index contributed by atoms with van der Waals surface area (Å²) >= 11 is 3.46. The molecule has 0 aromatic heterocycles. The number of hydrogen-bond donors (Lipinski definition) is 1. The van der Waals surface area contributed by atoms with Gasteiger partial charge in [0.1, 0.15) is 5.56 Å². The SMILES string of the molecule is Cc1ccc(Br)cc1CNc1ccc([N+](=O)[O-])c(C(=O)N2CCCC2)c1. The van der Waals surface area contributed by atoms with Gasteiger partial charge in [-0.2, -0.15) is 0 Å². The molecule has 0 atom stereocenters. The van der Waals surface area contributed by atoms with Gasteiger partial charge < -0.3 is 10.2 Å². The molecule has 0 aliphatic carbocycles. The van der Waals surface area contributed by atoms with Crippen LogP contribution in [0.1, 0.15) is 34.3 Å². The third kappa shape index (κ3) is 4.04. The Morgan fingerprint density at radius 2 is 1.96 bits per heavy atom. The van der Waals surface area contributed by atoms with Gasteiger partial charge in [-0.15, -0.1) is 0 Å². The zero-order valence-corrected chi connectivity index (χ0v) is 16.1. The van der Waals surface area contributed by atoms with E-state index in [0.717, 1.165) is 28.4 Å². The Bertz CT molecular complexity index is 848. The molecule has 2 aromatic rings. The molecule has 26 heavy (non-hydrogen) atoms. The number of nitrogens with one attached hydrogen (secondary N) is 1. The van der Waals surface area contributed by atoms with Gasteiger partial charge in [-0.25, -0.2) is 0 Å². The largest absolute Gasteiger partial charge is 0.381 e. The molecule has 1 aliphatic heterocycles. The molecule has 1 amide bonds. The fraction of sp³-hybridized carbons (Fsp3) is 0.316. The predicted octanol–water partition coefficient (Wildman–Crippen LogP) is 4.51. The van der Waals surface area contributed by atoms with Crippen molar-refractivity contribution in [2.24, 2.45) is 0 Å². The van der Waals surface area contributed by atoms with Crippen LogP contribution >= 0.6 is 15.9 Å². The molecule has 1 heterocycles. The van der Waals surface area contributed by atoms with Gasteiger partial charge in [-0.05, 0) is 55.2 Å². The van der Waals surface area contributed by atoms with Crippen LogP contribution in [0.2, 0.25) is 0 Å². The molecule has 1 N–H and O–H groups in total. The Balaban J connectivity index is 1.84. The van der Waals surface area contributed by atoms with E-state index in [2.05, 4.69) is 21.2 Å². The lowest BCUT2D eigenvalue weighted by atomic mass is 10.1. The molecular weight excluding hydrogens is 398 g/mol. The molecule has 1 saturated heterocycles. The van der Waals surface area contributed by atoms with Crippen molar-refractivity contribution in [3.63, 3.8) is 0 Å². The third-order valence-electron chi connectivity index (χ3n) is 4.61. The molecule has 3 rings (SSSR count). The van der Waals surface area contributed by atoms with E-state index in [1.807, 2.05) is 25.1 Å². The topological polar surface area (TPSA) is 75.5 Å². The summed E-state index contributed by atoms with van der Waals surface area (Å²) in [6, 6.07) is 10.7. The number of halogens is 1. The lowest BCUT2D eigenvalue weighted by Gasteiger charge is -2.16. The number of nitro groups is 1. The minimum Gasteiger partial charge on any atom is -0.381 e. The maximum atomic E-state index is 12.7. The van der Waals surface area contributed by atoms with Crippen molar-refractivity contribution in [3.05, 3.63) is 67.7 Å². The first-order chi connectivity index (χ1) is 12.5. The highest BCUT2D eigenvalue weighted by molar-refractivity contribution is 9.10. The molecular formula is C19H20BrN3O3. The summed E-state index contributed by atoms with van der Waals surface area (Å²) in [5.74, 6) is -0.267. The van der Waals surface area contributed by atoms with Crippen LogP contribution in [-0.4, -0.2) is 28.8 Å². The predicted molar refractivity (Wildman–Crippen MR) is 104 cm³/mol. The van der Waals surface area contributed by atoms with Crippen molar-refractivity contribution in [1.29, 1.82) is 0 Å². The zero-order valence-electron chi connectivity index (χ0n) is 14.5.